The Balaban J connectivity index is 2.88. The molecule has 0 spiro atoms. The second-order valence-electron chi connectivity index (χ2n) is 3.53. The Kier molecular flexibility index (Phi) is 4.07. The molecule has 0 aliphatic rings. The molecular formula is C11H16N4. The molecule has 0 saturated heterocycles. The molecule has 80 valence electrons. The van der Waals surface area contributed by atoms with Gasteiger partial charge in [-0.3, -0.25) is 0 Å². The van der Waals surface area contributed by atoms with Gasteiger partial charge >= 0.3 is 0 Å². The van der Waals surface area contributed by atoms with Gasteiger partial charge < -0.3 is 10.6 Å². The molecule has 2 N–H and O–H groups in total. The summed E-state index contributed by atoms with van der Waals surface area (Å²) in [6, 6.07) is 5.92. The van der Waals surface area contributed by atoms with Gasteiger partial charge in [-0.1, -0.05) is 6.07 Å². The second kappa shape index (κ2) is 5.32. The lowest BCUT2D eigenvalue weighted by molar-refractivity contribution is 0.788. The van der Waals surface area contributed by atoms with Gasteiger partial charge in [0.15, 0.2) is 0 Å². The third-order valence-electron chi connectivity index (χ3n) is 2.23. The molecule has 4 nitrogen and oxygen atoms in total. The van der Waals surface area contributed by atoms with Crippen LogP contribution >= 0.6 is 0 Å². The first-order chi connectivity index (χ1) is 7.16. The largest absolute Gasteiger partial charge is 0.358 e. The fraction of sp³-hybridized carbons (Fsp3) is 0.455. The maximum absolute atomic E-state index is 8.52. The van der Waals surface area contributed by atoms with Crippen LogP contribution in [0.1, 0.15) is 24.9 Å². The average Bonchev–Trinajstić information content (AvgIpc) is 2.25. The number of nitrogens with zero attached hydrogens (tertiary/aromatic N) is 3. The van der Waals surface area contributed by atoms with Gasteiger partial charge in [-0.2, -0.15) is 5.26 Å². The first-order valence-electron chi connectivity index (χ1n) is 4.95. The third kappa shape index (κ3) is 2.93. The summed E-state index contributed by atoms with van der Waals surface area (Å²) in [5, 5.41) is 8.52. The summed E-state index contributed by atoms with van der Waals surface area (Å²) in [7, 11) is 1.92. The van der Waals surface area contributed by atoms with Crippen LogP contribution in [0.25, 0.3) is 0 Å². The third-order valence-corrected chi connectivity index (χ3v) is 2.23. The minimum Gasteiger partial charge on any atom is -0.358 e. The van der Waals surface area contributed by atoms with Crippen molar-refractivity contribution < 1.29 is 0 Å². The number of anilines is 1. The van der Waals surface area contributed by atoms with Crippen molar-refractivity contribution in [3.63, 3.8) is 0 Å². The van der Waals surface area contributed by atoms with E-state index in [4.69, 9.17) is 11.0 Å². The standard InChI is InChI=1S/C11H16N4/c1-9(13)10-5-3-7-14-11(10)15(2)8-4-6-12/h3,5,7,9H,4,8,13H2,1-2H3/t9-/m0/s1. The summed E-state index contributed by atoms with van der Waals surface area (Å²) in [6.07, 6.45) is 2.23. The summed E-state index contributed by atoms with van der Waals surface area (Å²) in [4.78, 5) is 6.25. The van der Waals surface area contributed by atoms with Crippen molar-refractivity contribution in [1.82, 2.24) is 4.98 Å². The molecular weight excluding hydrogens is 188 g/mol. The van der Waals surface area contributed by atoms with E-state index in [1.54, 1.807) is 6.20 Å². The van der Waals surface area contributed by atoms with E-state index in [2.05, 4.69) is 11.1 Å². The zero-order chi connectivity index (χ0) is 11.3. The van der Waals surface area contributed by atoms with Crippen molar-refractivity contribution in [1.29, 1.82) is 5.26 Å². The minimum atomic E-state index is -0.0433. The van der Waals surface area contributed by atoms with Crippen molar-refractivity contribution >= 4 is 5.82 Å². The van der Waals surface area contributed by atoms with Gasteiger partial charge in [0.05, 0.1) is 12.5 Å². The molecule has 1 heterocycles. The highest BCUT2D eigenvalue weighted by Gasteiger charge is 2.10. The molecule has 1 aromatic rings. The van der Waals surface area contributed by atoms with Crippen LogP contribution in [0.5, 0.6) is 0 Å². The molecule has 0 radical (unpaired) electrons. The van der Waals surface area contributed by atoms with E-state index in [9.17, 15) is 0 Å². The molecule has 0 aliphatic heterocycles. The molecule has 0 fully saturated rings. The second-order valence-corrected chi connectivity index (χ2v) is 3.53. The monoisotopic (exact) mass is 204 g/mol. The van der Waals surface area contributed by atoms with Gasteiger partial charge in [-0.25, -0.2) is 4.98 Å². The number of nitrogens with two attached hydrogens (primary N) is 1. The van der Waals surface area contributed by atoms with E-state index in [-0.39, 0.29) is 6.04 Å². The molecule has 15 heavy (non-hydrogen) atoms. The van der Waals surface area contributed by atoms with Crippen LogP contribution in [-0.2, 0) is 0 Å². The summed E-state index contributed by atoms with van der Waals surface area (Å²) >= 11 is 0. The predicted octanol–water partition coefficient (Wildman–Crippen LogP) is 1.45. The van der Waals surface area contributed by atoms with Crippen LogP contribution < -0.4 is 10.6 Å². The molecule has 1 atom stereocenters. The fourth-order valence-corrected chi connectivity index (χ4v) is 1.41. The van der Waals surface area contributed by atoms with Crippen LogP contribution in [-0.4, -0.2) is 18.6 Å². The van der Waals surface area contributed by atoms with Gasteiger partial charge in [0.2, 0.25) is 0 Å². The van der Waals surface area contributed by atoms with Crippen LogP contribution in [0.4, 0.5) is 5.82 Å². The fourth-order valence-electron chi connectivity index (χ4n) is 1.41. The minimum absolute atomic E-state index is 0.0433. The Bertz CT molecular complexity index is 354. The Hall–Kier alpha value is -1.60. The molecule has 4 heteroatoms. The Labute approximate surface area is 90.3 Å². The number of rotatable bonds is 4. The van der Waals surface area contributed by atoms with E-state index in [0.717, 1.165) is 11.4 Å². The predicted molar refractivity (Wildman–Crippen MR) is 60.3 cm³/mol. The number of pyridine rings is 1. The van der Waals surface area contributed by atoms with Crippen LogP contribution in [0.15, 0.2) is 18.3 Å². The Morgan fingerprint density at radius 3 is 3.00 bits per heavy atom. The molecule has 0 aliphatic carbocycles. The lowest BCUT2D eigenvalue weighted by atomic mass is 10.1. The lowest BCUT2D eigenvalue weighted by Crippen LogP contribution is -2.22. The quantitative estimate of drug-likeness (QED) is 0.806. The lowest BCUT2D eigenvalue weighted by Gasteiger charge is -2.21. The highest BCUT2D eigenvalue weighted by atomic mass is 15.2. The van der Waals surface area contributed by atoms with Crippen molar-refractivity contribution in [2.24, 2.45) is 5.73 Å². The van der Waals surface area contributed by atoms with E-state index < -0.39 is 0 Å². The molecule has 0 bridgehead atoms. The summed E-state index contributed by atoms with van der Waals surface area (Å²) < 4.78 is 0. The van der Waals surface area contributed by atoms with Crippen molar-refractivity contribution in [3.8, 4) is 6.07 Å². The number of hydrogen-bond donors (Lipinski definition) is 1. The molecule has 0 aromatic carbocycles. The molecule has 0 amide bonds. The Morgan fingerprint density at radius 2 is 2.40 bits per heavy atom. The summed E-state index contributed by atoms with van der Waals surface area (Å²) in [6.45, 7) is 2.60. The Morgan fingerprint density at radius 1 is 1.67 bits per heavy atom. The highest BCUT2D eigenvalue weighted by molar-refractivity contribution is 5.47. The van der Waals surface area contributed by atoms with Crippen LogP contribution in [0.2, 0.25) is 0 Å². The molecule has 0 unspecified atom stereocenters. The SMILES string of the molecule is C[C@H](N)c1cccnc1N(C)CCC#N. The van der Waals surface area contributed by atoms with Crippen molar-refractivity contribution in [3.05, 3.63) is 23.9 Å². The molecule has 0 saturated carbocycles. The van der Waals surface area contributed by atoms with Gasteiger partial charge in [-0.05, 0) is 13.0 Å². The van der Waals surface area contributed by atoms with Crippen molar-refractivity contribution in [2.75, 3.05) is 18.5 Å². The molecule has 1 aromatic heterocycles. The van der Waals surface area contributed by atoms with Crippen LogP contribution in [0.3, 0.4) is 0 Å². The number of nitriles is 1. The van der Waals surface area contributed by atoms with E-state index in [1.165, 1.54) is 0 Å². The van der Waals surface area contributed by atoms with Gasteiger partial charge in [0.1, 0.15) is 5.82 Å². The van der Waals surface area contributed by atoms with E-state index >= 15 is 0 Å². The van der Waals surface area contributed by atoms with Gasteiger partial charge in [0.25, 0.3) is 0 Å². The molecule has 1 rings (SSSR count). The topological polar surface area (TPSA) is 65.9 Å². The maximum atomic E-state index is 8.52. The van der Waals surface area contributed by atoms with E-state index in [0.29, 0.717) is 13.0 Å². The summed E-state index contributed by atoms with van der Waals surface area (Å²) in [5.41, 5.74) is 6.86. The van der Waals surface area contributed by atoms with Crippen molar-refractivity contribution in [2.45, 2.75) is 19.4 Å². The first kappa shape index (κ1) is 11.5. The number of aromatic nitrogens is 1. The zero-order valence-electron chi connectivity index (χ0n) is 9.14. The van der Waals surface area contributed by atoms with Crippen LogP contribution in [0, 0.1) is 11.3 Å². The first-order valence-corrected chi connectivity index (χ1v) is 4.95. The normalized spacial score (nSPS) is 11.9. The maximum Gasteiger partial charge on any atom is 0.133 e. The average molecular weight is 204 g/mol. The van der Waals surface area contributed by atoms with Gasteiger partial charge in [0, 0.05) is 31.4 Å². The smallest absolute Gasteiger partial charge is 0.133 e. The van der Waals surface area contributed by atoms with Gasteiger partial charge in [-0.15, -0.1) is 0 Å². The number of hydrogen-bond acceptors (Lipinski definition) is 4. The van der Waals surface area contributed by atoms with E-state index in [1.807, 2.05) is 31.0 Å². The highest BCUT2D eigenvalue weighted by Crippen LogP contribution is 2.21. The zero-order valence-corrected chi connectivity index (χ0v) is 9.14. The summed E-state index contributed by atoms with van der Waals surface area (Å²) in [5.74, 6) is 0.864.